The maximum Gasteiger partial charge on any atom is 0.269 e. The molecule has 0 aliphatic carbocycles. The molecular weight excluding hydrogens is 390 g/mol. The molecule has 6 nitrogen and oxygen atoms in total. The van der Waals surface area contributed by atoms with Gasteiger partial charge in [0.2, 0.25) is 0 Å². The lowest BCUT2D eigenvalue weighted by molar-refractivity contribution is -0.384. The highest BCUT2D eigenvalue weighted by molar-refractivity contribution is 5.51. The van der Waals surface area contributed by atoms with Gasteiger partial charge in [0.25, 0.3) is 5.69 Å². The molecule has 1 fully saturated rings. The zero-order valence-corrected chi connectivity index (χ0v) is 18.5. The summed E-state index contributed by atoms with van der Waals surface area (Å²) in [7, 11) is 0. The molecule has 0 bridgehead atoms. The summed E-state index contributed by atoms with van der Waals surface area (Å²) in [5.74, 6) is 6.47. The van der Waals surface area contributed by atoms with Crippen molar-refractivity contribution in [2.75, 3.05) is 37.6 Å². The van der Waals surface area contributed by atoms with Crippen LogP contribution in [0.25, 0.3) is 0 Å². The van der Waals surface area contributed by atoms with Crippen LogP contribution in [0.2, 0.25) is 0 Å². The molecule has 0 amide bonds. The van der Waals surface area contributed by atoms with Gasteiger partial charge >= 0.3 is 0 Å². The Morgan fingerprint density at radius 3 is 2.13 bits per heavy atom. The zero-order valence-electron chi connectivity index (χ0n) is 18.5. The number of non-ortho nitro benzene ring substituents is 1. The van der Waals surface area contributed by atoms with Crippen molar-refractivity contribution in [3.8, 4) is 11.8 Å². The van der Waals surface area contributed by atoms with Crippen molar-refractivity contribution in [1.82, 2.24) is 4.90 Å². The fraction of sp³-hybridized carbons (Fsp3) is 0.440. The van der Waals surface area contributed by atoms with Crippen LogP contribution in [0, 0.1) is 27.4 Å². The number of benzene rings is 2. The summed E-state index contributed by atoms with van der Waals surface area (Å²) in [5, 5.41) is 22.2. The predicted octanol–water partition coefficient (Wildman–Crippen LogP) is 4.04. The van der Waals surface area contributed by atoms with Crippen LogP contribution in [0.4, 0.5) is 11.4 Å². The number of aliphatic hydroxyl groups is 1. The molecule has 1 N–H and O–H groups in total. The molecule has 0 saturated carbocycles. The van der Waals surface area contributed by atoms with Crippen LogP contribution >= 0.6 is 0 Å². The average Bonchev–Trinajstić information content (AvgIpc) is 2.77. The largest absolute Gasteiger partial charge is 0.384 e. The Morgan fingerprint density at radius 2 is 1.58 bits per heavy atom. The normalized spacial score (nSPS) is 16.8. The molecule has 2 aromatic rings. The lowest BCUT2D eigenvalue weighted by Crippen LogP contribution is -2.46. The van der Waals surface area contributed by atoms with Gasteiger partial charge in [-0.1, -0.05) is 62.9 Å². The SMILES string of the molecule is CC(C)(C)[C@](O)(CC#CCN1CCN(c2ccc([N+](=O)[O-])cc2)CC1)c1ccccc1. The van der Waals surface area contributed by atoms with Crippen molar-refractivity contribution in [1.29, 1.82) is 0 Å². The van der Waals surface area contributed by atoms with Crippen LogP contribution in [0.5, 0.6) is 0 Å². The fourth-order valence-electron chi connectivity index (χ4n) is 3.82. The van der Waals surface area contributed by atoms with E-state index >= 15 is 0 Å². The first-order valence-electron chi connectivity index (χ1n) is 10.7. The van der Waals surface area contributed by atoms with Gasteiger partial charge in [-0.2, -0.15) is 0 Å². The highest BCUT2D eigenvalue weighted by Crippen LogP contribution is 2.41. The number of hydrogen-bond donors (Lipinski definition) is 1. The van der Waals surface area contributed by atoms with E-state index in [2.05, 4.69) is 21.6 Å². The van der Waals surface area contributed by atoms with Crippen LogP contribution in [0.1, 0.15) is 32.8 Å². The molecule has 1 aliphatic rings. The summed E-state index contributed by atoms with van der Waals surface area (Å²) in [6.07, 6.45) is 0.392. The minimum absolute atomic E-state index is 0.114. The average molecular weight is 422 g/mol. The van der Waals surface area contributed by atoms with E-state index in [4.69, 9.17) is 0 Å². The number of nitrogens with zero attached hydrogens (tertiary/aromatic N) is 3. The second-order valence-electron chi connectivity index (χ2n) is 9.04. The smallest absolute Gasteiger partial charge is 0.269 e. The van der Waals surface area contributed by atoms with E-state index < -0.39 is 5.60 Å². The molecule has 1 aliphatic heterocycles. The number of nitro benzene ring substituents is 1. The van der Waals surface area contributed by atoms with Gasteiger partial charge in [-0.15, -0.1) is 0 Å². The Bertz CT molecular complexity index is 934. The van der Waals surface area contributed by atoms with E-state index in [-0.39, 0.29) is 16.0 Å². The van der Waals surface area contributed by atoms with E-state index in [1.165, 1.54) is 0 Å². The topological polar surface area (TPSA) is 69.8 Å². The summed E-state index contributed by atoms with van der Waals surface area (Å²) in [6.45, 7) is 10.3. The van der Waals surface area contributed by atoms with Gasteiger partial charge in [0.1, 0.15) is 5.60 Å². The summed E-state index contributed by atoms with van der Waals surface area (Å²) in [6, 6.07) is 16.5. The van der Waals surface area contributed by atoms with Crippen molar-refractivity contribution in [2.45, 2.75) is 32.8 Å². The van der Waals surface area contributed by atoms with Crippen LogP contribution in [0.3, 0.4) is 0 Å². The molecule has 2 aromatic carbocycles. The number of rotatable bonds is 5. The molecule has 31 heavy (non-hydrogen) atoms. The third-order valence-corrected chi connectivity index (χ3v) is 6.06. The van der Waals surface area contributed by atoms with Gasteiger partial charge in [-0.25, -0.2) is 0 Å². The Morgan fingerprint density at radius 1 is 0.968 bits per heavy atom. The van der Waals surface area contributed by atoms with E-state index in [1.807, 2.05) is 63.2 Å². The summed E-state index contributed by atoms with van der Waals surface area (Å²) >= 11 is 0. The van der Waals surface area contributed by atoms with Crippen molar-refractivity contribution in [2.24, 2.45) is 5.41 Å². The molecule has 0 radical (unpaired) electrons. The first-order valence-corrected chi connectivity index (χ1v) is 10.7. The van der Waals surface area contributed by atoms with Gasteiger partial charge in [0.15, 0.2) is 0 Å². The second kappa shape index (κ2) is 9.51. The highest BCUT2D eigenvalue weighted by atomic mass is 16.6. The van der Waals surface area contributed by atoms with Crippen LogP contribution in [-0.4, -0.2) is 47.7 Å². The van der Waals surface area contributed by atoms with Gasteiger partial charge in [-0.05, 0) is 23.1 Å². The fourth-order valence-corrected chi connectivity index (χ4v) is 3.82. The second-order valence-corrected chi connectivity index (χ2v) is 9.04. The summed E-state index contributed by atoms with van der Waals surface area (Å²) < 4.78 is 0. The number of piperazine rings is 1. The molecule has 6 heteroatoms. The lowest BCUT2D eigenvalue weighted by atomic mass is 9.70. The molecule has 1 atom stereocenters. The minimum atomic E-state index is -1.00. The molecule has 0 unspecified atom stereocenters. The molecule has 1 saturated heterocycles. The third kappa shape index (κ3) is 5.43. The van der Waals surface area contributed by atoms with Gasteiger partial charge in [0.05, 0.1) is 11.5 Å². The van der Waals surface area contributed by atoms with Gasteiger partial charge in [0, 0.05) is 50.4 Å². The molecule has 164 valence electrons. The summed E-state index contributed by atoms with van der Waals surface area (Å²) in [4.78, 5) is 15.0. The first-order chi connectivity index (χ1) is 14.7. The third-order valence-electron chi connectivity index (χ3n) is 6.06. The van der Waals surface area contributed by atoms with E-state index in [1.54, 1.807) is 12.1 Å². The van der Waals surface area contributed by atoms with Crippen molar-refractivity contribution < 1.29 is 10.0 Å². The molecule has 0 aromatic heterocycles. The minimum Gasteiger partial charge on any atom is -0.384 e. The Kier molecular flexibility index (Phi) is 6.99. The number of anilines is 1. The van der Waals surface area contributed by atoms with E-state index in [9.17, 15) is 15.2 Å². The number of hydrogen-bond acceptors (Lipinski definition) is 5. The molecule has 0 spiro atoms. The van der Waals surface area contributed by atoms with E-state index in [0.29, 0.717) is 13.0 Å². The van der Waals surface area contributed by atoms with E-state index in [0.717, 1.165) is 37.4 Å². The lowest BCUT2D eigenvalue weighted by Gasteiger charge is -2.39. The number of nitro groups is 1. The van der Waals surface area contributed by atoms with Crippen molar-refractivity contribution in [3.05, 3.63) is 70.3 Å². The Labute approximate surface area is 184 Å². The predicted molar refractivity (Wildman–Crippen MR) is 124 cm³/mol. The maximum atomic E-state index is 11.4. The molecular formula is C25H31N3O3. The maximum absolute atomic E-state index is 11.4. The van der Waals surface area contributed by atoms with Crippen LogP contribution in [0.15, 0.2) is 54.6 Å². The Balaban J connectivity index is 1.54. The van der Waals surface area contributed by atoms with Crippen LogP contribution in [-0.2, 0) is 5.60 Å². The zero-order chi connectivity index (χ0) is 22.5. The monoisotopic (exact) mass is 421 g/mol. The molecule has 1 heterocycles. The standard InChI is InChI=1S/C25H31N3O3/c1-24(2,3)25(29,21-9-5-4-6-10-21)15-7-8-16-26-17-19-27(20-18-26)22-11-13-23(14-12-22)28(30)31/h4-6,9-14,29H,15-20H2,1-3H3/t25-/m0/s1. The van der Waals surface area contributed by atoms with Crippen molar-refractivity contribution in [3.63, 3.8) is 0 Å². The Hall–Kier alpha value is -2.88. The molecule has 3 rings (SSSR count). The summed E-state index contributed by atoms with van der Waals surface area (Å²) in [5.41, 5.74) is 0.682. The van der Waals surface area contributed by atoms with Gasteiger partial charge < -0.3 is 10.0 Å². The quantitative estimate of drug-likeness (QED) is 0.448. The van der Waals surface area contributed by atoms with Crippen LogP contribution < -0.4 is 4.90 Å². The highest BCUT2D eigenvalue weighted by Gasteiger charge is 2.40. The van der Waals surface area contributed by atoms with Crippen molar-refractivity contribution >= 4 is 11.4 Å². The van der Waals surface area contributed by atoms with Gasteiger partial charge in [-0.3, -0.25) is 15.0 Å². The first kappa shape index (κ1) is 22.8.